The third-order valence-electron chi connectivity index (χ3n) is 3.16. The van der Waals surface area contributed by atoms with Gasteiger partial charge in [0.25, 0.3) is 5.91 Å². The Kier molecular flexibility index (Phi) is 3.47. The number of rotatable bonds is 3. The first-order valence-corrected chi connectivity index (χ1v) is 7.75. The topological polar surface area (TPSA) is 76.4 Å². The minimum Gasteiger partial charge on any atom is -0.466 e. The molecule has 1 amide bonds. The molecule has 1 N–H and O–H groups in total. The molecule has 1 saturated heterocycles. The summed E-state index contributed by atoms with van der Waals surface area (Å²) in [5.41, 5.74) is 0.522. The number of carbonyl (C=O) groups excluding carboxylic acids is 1. The monoisotopic (exact) mass is 271 g/mol. The predicted octanol–water partition coefficient (Wildman–Crippen LogP) is 1.06. The fraction of sp³-hybridized carbons (Fsp3) is 0.583. The molecule has 1 aliphatic heterocycles. The third kappa shape index (κ3) is 2.93. The van der Waals surface area contributed by atoms with Gasteiger partial charge in [0, 0.05) is 6.54 Å². The number of hydrogen-bond acceptors (Lipinski definition) is 4. The molecular formula is C12H17NO4S. The minimum atomic E-state index is -2.88. The summed E-state index contributed by atoms with van der Waals surface area (Å²) in [6.07, 6.45) is 0.631. The van der Waals surface area contributed by atoms with Gasteiger partial charge in [-0.3, -0.25) is 4.79 Å². The molecule has 0 bridgehead atoms. The highest BCUT2D eigenvalue weighted by molar-refractivity contribution is 7.91. The Morgan fingerprint density at radius 3 is 2.72 bits per heavy atom. The van der Waals surface area contributed by atoms with Crippen molar-refractivity contribution in [1.82, 2.24) is 5.32 Å². The van der Waals surface area contributed by atoms with Crippen LogP contribution in [0, 0.1) is 19.8 Å². The average Bonchev–Trinajstić information content (AvgIpc) is 2.78. The first-order valence-electron chi connectivity index (χ1n) is 5.93. The fourth-order valence-corrected chi connectivity index (χ4v) is 4.08. The second-order valence-electron chi connectivity index (χ2n) is 4.81. The zero-order valence-corrected chi connectivity index (χ0v) is 11.3. The summed E-state index contributed by atoms with van der Waals surface area (Å²) in [6.45, 7) is 3.93. The average molecular weight is 271 g/mol. The molecular weight excluding hydrogens is 254 g/mol. The Morgan fingerprint density at radius 1 is 1.50 bits per heavy atom. The van der Waals surface area contributed by atoms with E-state index < -0.39 is 9.84 Å². The summed E-state index contributed by atoms with van der Waals surface area (Å²) in [5, 5.41) is 2.77. The Bertz CT molecular complexity index is 559. The lowest BCUT2D eigenvalue weighted by atomic mass is 10.1. The minimum absolute atomic E-state index is 0.0345. The lowest BCUT2D eigenvalue weighted by molar-refractivity contribution is 0.0947. The van der Waals surface area contributed by atoms with Gasteiger partial charge in [0.05, 0.1) is 17.1 Å². The number of amides is 1. The normalized spacial score (nSPS) is 22.0. The van der Waals surface area contributed by atoms with Crippen molar-refractivity contribution in [2.75, 3.05) is 18.1 Å². The van der Waals surface area contributed by atoms with E-state index in [9.17, 15) is 13.2 Å². The summed E-state index contributed by atoms with van der Waals surface area (Å²) in [6, 6.07) is 1.69. The molecule has 2 heterocycles. The van der Waals surface area contributed by atoms with Crippen LogP contribution in [0.15, 0.2) is 10.5 Å². The maximum Gasteiger partial charge on any atom is 0.254 e. The van der Waals surface area contributed by atoms with Gasteiger partial charge < -0.3 is 9.73 Å². The Labute approximate surface area is 106 Å². The molecule has 1 fully saturated rings. The second kappa shape index (κ2) is 4.76. The Balaban J connectivity index is 1.91. The molecule has 1 aromatic rings. The molecule has 18 heavy (non-hydrogen) atoms. The van der Waals surface area contributed by atoms with E-state index in [2.05, 4.69) is 5.32 Å². The number of furan rings is 1. The second-order valence-corrected chi connectivity index (χ2v) is 7.03. The van der Waals surface area contributed by atoms with E-state index in [-0.39, 0.29) is 23.3 Å². The number of hydrogen-bond donors (Lipinski definition) is 1. The van der Waals surface area contributed by atoms with Gasteiger partial charge in [0.15, 0.2) is 9.84 Å². The van der Waals surface area contributed by atoms with E-state index in [0.717, 1.165) is 0 Å². The van der Waals surface area contributed by atoms with E-state index in [1.807, 2.05) is 0 Å². The van der Waals surface area contributed by atoms with Crippen LogP contribution in [0.2, 0.25) is 0 Å². The largest absolute Gasteiger partial charge is 0.466 e. The van der Waals surface area contributed by atoms with E-state index in [1.165, 1.54) is 0 Å². The van der Waals surface area contributed by atoms with Crippen LogP contribution >= 0.6 is 0 Å². The van der Waals surface area contributed by atoms with Crippen LogP contribution in [0.25, 0.3) is 0 Å². The molecule has 1 atom stereocenters. The van der Waals surface area contributed by atoms with Gasteiger partial charge in [-0.2, -0.15) is 0 Å². The maximum atomic E-state index is 11.9. The summed E-state index contributed by atoms with van der Waals surface area (Å²) in [4.78, 5) is 11.9. The number of sulfone groups is 1. The fourth-order valence-electron chi connectivity index (χ4n) is 2.22. The molecule has 100 valence electrons. The molecule has 0 aliphatic carbocycles. The number of nitrogens with one attached hydrogen (secondary N) is 1. The maximum absolute atomic E-state index is 11.9. The van der Waals surface area contributed by atoms with Gasteiger partial charge >= 0.3 is 0 Å². The predicted molar refractivity (Wildman–Crippen MR) is 67.3 cm³/mol. The molecule has 0 saturated carbocycles. The van der Waals surface area contributed by atoms with Crippen molar-refractivity contribution in [1.29, 1.82) is 0 Å². The highest BCUT2D eigenvalue weighted by atomic mass is 32.2. The van der Waals surface area contributed by atoms with Crippen LogP contribution in [0.3, 0.4) is 0 Å². The first kappa shape index (κ1) is 13.1. The zero-order chi connectivity index (χ0) is 13.3. The van der Waals surface area contributed by atoms with Crippen LogP contribution in [-0.4, -0.2) is 32.4 Å². The molecule has 0 radical (unpaired) electrons. The highest BCUT2D eigenvalue weighted by Crippen LogP contribution is 2.18. The van der Waals surface area contributed by atoms with E-state index in [0.29, 0.717) is 30.0 Å². The first-order chi connectivity index (χ1) is 8.37. The van der Waals surface area contributed by atoms with Crippen LogP contribution < -0.4 is 5.32 Å². The summed E-state index contributed by atoms with van der Waals surface area (Å²) >= 11 is 0. The van der Waals surface area contributed by atoms with Gasteiger partial charge in [0.2, 0.25) is 0 Å². The molecule has 0 aromatic carbocycles. The molecule has 0 unspecified atom stereocenters. The van der Waals surface area contributed by atoms with Gasteiger partial charge in [-0.25, -0.2) is 8.42 Å². The summed E-state index contributed by atoms with van der Waals surface area (Å²) < 4.78 is 27.9. The smallest absolute Gasteiger partial charge is 0.254 e. The van der Waals surface area contributed by atoms with E-state index in [4.69, 9.17) is 4.42 Å². The van der Waals surface area contributed by atoms with E-state index in [1.54, 1.807) is 19.9 Å². The van der Waals surface area contributed by atoms with Crippen LogP contribution in [0.1, 0.15) is 28.3 Å². The molecule has 1 aliphatic rings. The zero-order valence-electron chi connectivity index (χ0n) is 10.5. The number of aryl methyl sites for hydroxylation is 2. The van der Waals surface area contributed by atoms with E-state index >= 15 is 0 Å². The summed E-state index contributed by atoms with van der Waals surface area (Å²) in [7, 11) is -2.88. The van der Waals surface area contributed by atoms with Gasteiger partial charge in [0.1, 0.15) is 11.5 Å². The van der Waals surface area contributed by atoms with Crippen LogP contribution in [0.4, 0.5) is 0 Å². The van der Waals surface area contributed by atoms with Crippen molar-refractivity contribution in [3.63, 3.8) is 0 Å². The lowest BCUT2D eigenvalue weighted by Crippen LogP contribution is -2.29. The molecule has 2 rings (SSSR count). The molecule has 6 heteroatoms. The standard InChI is InChI=1S/C12H17NO4S/c1-8-5-11(9(2)17-8)12(14)13-6-10-3-4-18(15,16)7-10/h5,10H,3-4,6-7H2,1-2H3,(H,13,14)/t10-/m1/s1. The van der Waals surface area contributed by atoms with Crippen molar-refractivity contribution >= 4 is 15.7 Å². The van der Waals surface area contributed by atoms with Gasteiger partial charge in [-0.05, 0) is 32.3 Å². The summed E-state index contributed by atoms with van der Waals surface area (Å²) in [5.74, 6) is 1.53. The van der Waals surface area contributed by atoms with Gasteiger partial charge in [-0.1, -0.05) is 0 Å². The van der Waals surface area contributed by atoms with Crippen molar-refractivity contribution < 1.29 is 17.6 Å². The number of carbonyl (C=O) groups is 1. The molecule has 0 spiro atoms. The Morgan fingerprint density at radius 2 is 2.22 bits per heavy atom. The molecule has 5 nitrogen and oxygen atoms in total. The SMILES string of the molecule is Cc1cc(C(=O)NC[C@H]2CCS(=O)(=O)C2)c(C)o1. The quantitative estimate of drug-likeness (QED) is 0.892. The Hall–Kier alpha value is -1.30. The molecule has 1 aromatic heterocycles. The van der Waals surface area contributed by atoms with Crippen molar-refractivity contribution in [2.45, 2.75) is 20.3 Å². The van der Waals surface area contributed by atoms with Crippen LogP contribution in [-0.2, 0) is 9.84 Å². The third-order valence-corrected chi connectivity index (χ3v) is 5.00. The van der Waals surface area contributed by atoms with Crippen molar-refractivity contribution in [2.24, 2.45) is 5.92 Å². The van der Waals surface area contributed by atoms with Gasteiger partial charge in [-0.15, -0.1) is 0 Å². The van der Waals surface area contributed by atoms with Crippen molar-refractivity contribution in [3.05, 3.63) is 23.2 Å². The van der Waals surface area contributed by atoms with Crippen molar-refractivity contribution in [3.8, 4) is 0 Å². The van der Waals surface area contributed by atoms with Crippen LogP contribution in [0.5, 0.6) is 0 Å². The highest BCUT2D eigenvalue weighted by Gasteiger charge is 2.28. The lowest BCUT2D eigenvalue weighted by Gasteiger charge is -2.08.